The zero-order valence-corrected chi connectivity index (χ0v) is 17.7. The first-order valence-electron chi connectivity index (χ1n) is 8.68. The van der Waals surface area contributed by atoms with Crippen molar-refractivity contribution in [1.29, 1.82) is 5.26 Å². The summed E-state index contributed by atoms with van der Waals surface area (Å²) in [6.07, 6.45) is -0.639. The van der Waals surface area contributed by atoms with E-state index in [9.17, 15) is 14.4 Å². The highest BCUT2D eigenvalue weighted by molar-refractivity contribution is 6.44. The predicted molar refractivity (Wildman–Crippen MR) is 112 cm³/mol. The SMILES string of the molecule is CCC(C)c1cc(Oc2c(Cl)cc(NN=C(C#N)C(=O)OC(N)=O)cc2Cl)n[nH]c1=O. The van der Waals surface area contributed by atoms with Gasteiger partial charge in [-0.15, -0.1) is 5.10 Å². The van der Waals surface area contributed by atoms with Crippen LogP contribution < -0.4 is 21.5 Å². The average molecular weight is 467 g/mol. The molecule has 0 saturated carbocycles. The number of hydrazone groups is 1. The number of halogens is 2. The number of hydrogen-bond donors (Lipinski definition) is 3. The molecular formula is C18H16Cl2N6O5. The highest BCUT2D eigenvalue weighted by Gasteiger charge is 2.17. The first-order chi connectivity index (χ1) is 14.7. The maximum Gasteiger partial charge on any atom is 0.412 e. The number of amides is 1. The molecule has 1 atom stereocenters. The molecule has 0 spiro atoms. The fourth-order valence-corrected chi connectivity index (χ4v) is 2.81. The molecule has 162 valence electrons. The molecule has 0 radical (unpaired) electrons. The number of anilines is 1. The minimum absolute atomic E-state index is 0.0138. The van der Waals surface area contributed by atoms with Gasteiger partial charge in [-0.25, -0.2) is 14.7 Å². The zero-order chi connectivity index (χ0) is 23.1. The molecule has 11 nitrogen and oxygen atoms in total. The van der Waals surface area contributed by atoms with Gasteiger partial charge >= 0.3 is 12.1 Å². The number of aromatic amines is 1. The fraction of sp³-hybridized carbons (Fsp3) is 0.222. The Balaban J connectivity index is 2.26. The van der Waals surface area contributed by atoms with Gasteiger partial charge in [-0.3, -0.25) is 10.2 Å². The van der Waals surface area contributed by atoms with E-state index in [-0.39, 0.29) is 38.8 Å². The maximum atomic E-state index is 11.9. The van der Waals surface area contributed by atoms with Gasteiger partial charge in [-0.2, -0.15) is 10.4 Å². The van der Waals surface area contributed by atoms with Crippen molar-refractivity contribution in [2.45, 2.75) is 26.2 Å². The van der Waals surface area contributed by atoms with Gasteiger partial charge in [-0.1, -0.05) is 37.0 Å². The number of primary amides is 1. The lowest BCUT2D eigenvalue weighted by atomic mass is 10.0. The van der Waals surface area contributed by atoms with Gasteiger partial charge in [0.1, 0.15) is 6.07 Å². The smallest absolute Gasteiger partial charge is 0.412 e. The molecule has 0 fully saturated rings. The van der Waals surface area contributed by atoms with Crippen molar-refractivity contribution in [2.75, 3.05) is 5.43 Å². The summed E-state index contributed by atoms with van der Waals surface area (Å²) in [5.74, 6) is -1.21. The van der Waals surface area contributed by atoms with E-state index < -0.39 is 17.8 Å². The van der Waals surface area contributed by atoms with Gasteiger partial charge in [0.05, 0.1) is 15.7 Å². The second-order valence-electron chi connectivity index (χ2n) is 6.06. The quantitative estimate of drug-likeness (QED) is 0.241. The van der Waals surface area contributed by atoms with E-state index in [1.54, 1.807) is 0 Å². The third-order valence-electron chi connectivity index (χ3n) is 3.95. The predicted octanol–water partition coefficient (Wildman–Crippen LogP) is 3.30. The molecule has 1 aromatic heterocycles. The van der Waals surface area contributed by atoms with Gasteiger partial charge in [0, 0.05) is 11.6 Å². The minimum atomic E-state index is -1.38. The lowest BCUT2D eigenvalue weighted by Crippen LogP contribution is -2.24. The summed E-state index contributed by atoms with van der Waals surface area (Å²) in [4.78, 5) is 34.0. The number of carbonyl (C=O) groups is 2. The molecule has 1 unspecified atom stereocenters. The standard InChI is InChI=1S/C18H16Cl2N6O5/c1-3-8(2)10-6-14(25-26-16(10)27)30-15-11(19)4-9(5-12(15)20)23-24-13(7-21)17(28)31-18(22)29/h4-6,8,23H,3H2,1-2H3,(H2,22,29)(H,26,27). The van der Waals surface area contributed by atoms with Crippen LogP contribution in [0.2, 0.25) is 10.0 Å². The highest BCUT2D eigenvalue weighted by Crippen LogP contribution is 2.38. The molecule has 0 aliphatic rings. The number of H-pyrrole nitrogens is 1. The van der Waals surface area contributed by atoms with Crippen molar-refractivity contribution in [1.82, 2.24) is 10.2 Å². The van der Waals surface area contributed by atoms with Gasteiger partial charge in [0.15, 0.2) is 5.75 Å². The molecule has 1 heterocycles. The molecule has 0 aliphatic heterocycles. The Bertz CT molecular complexity index is 1120. The second-order valence-corrected chi connectivity index (χ2v) is 6.88. The van der Waals surface area contributed by atoms with Crippen molar-refractivity contribution in [2.24, 2.45) is 10.8 Å². The largest absolute Gasteiger partial charge is 0.434 e. The van der Waals surface area contributed by atoms with E-state index in [1.165, 1.54) is 24.3 Å². The number of nitriles is 1. The van der Waals surface area contributed by atoms with Gasteiger partial charge in [0.2, 0.25) is 11.6 Å². The number of ether oxygens (including phenoxy) is 2. The minimum Gasteiger partial charge on any atom is -0.434 e. The molecule has 0 bridgehead atoms. The van der Waals surface area contributed by atoms with Crippen molar-refractivity contribution in [3.05, 3.63) is 44.2 Å². The van der Waals surface area contributed by atoms with E-state index >= 15 is 0 Å². The van der Waals surface area contributed by atoms with Crippen LogP contribution in [0.15, 0.2) is 28.1 Å². The summed E-state index contributed by atoms with van der Waals surface area (Å²) in [5.41, 5.74) is 6.71. The summed E-state index contributed by atoms with van der Waals surface area (Å²) in [6, 6.07) is 5.65. The summed E-state index contributed by atoms with van der Waals surface area (Å²) >= 11 is 12.4. The summed E-state index contributed by atoms with van der Waals surface area (Å²) in [5, 5.41) is 18.7. The molecule has 1 aromatic carbocycles. The van der Waals surface area contributed by atoms with Crippen LogP contribution in [0.25, 0.3) is 0 Å². The Morgan fingerprint density at radius 2 is 2.00 bits per heavy atom. The van der Waals surface area contributed by atoms with Crippen molar-refractivity contribution in [3.63, 3.8) is 0 Å². The zero-order valence-electron chi connectivity index (χ0n) is 16.2. The average Bonchev–Trinajstić information content (AvgIpc) is 2.71. The molecular weight excluding hydrogens is 451 g/mol. The van der Waals surface area contributed by atoms with Crippen LogP contribution in [-0.4, -0.2) is 28.0 Å². The van der Waals surface area contributed by atoms with Crippen molar-refractivity contribution < 1.29 is 19.1 Å². The number of benzene rings is 1. The van der Waals surface area contributed by atoms with E-state index in [1.807, 2.05) is 13.8 Å². The van der Waals surface area contributed by atoms with Crippen LogP contribution in [-0.2, 0) is 9.53 Å². The Kier molecular flexibility index (Phi) is 7.95. The number of esters is 1. The number of nitrogens with zero attached hydrogens (tertiary/aromatic N) is 3. The van der Waals surface area contributed by atoms with Gasteiger partial charge in [0.25, 0.3) is 5.56 Å². The van der Waals surface area contributed by atoms with Crippen LogP contribution in [0.4, 0.5) is 10.5 Å². The maximum absolute atomic E-state index is 11.9. The lowest BCUT2D eigenvalue weighted by Gasteiger charge is -2.12. The van der Waals surface area contributed by atoms with Crippen LogP contribution in [0, 0.1) is 11.3 Å². The first-order valence-corrected chi connectivity index (χ1v) is 9.43. The Labute approximate surface area is 185 Å². The molecule has 4 N–H and O–H groups in total. The molecule has 2 rings (SSSR count). The molecule has 13 heteroatoms. The summed E-state index contributed by atoms with van der Waals surface area (Å²) in [6.45, 7) is 3.84. The Morgan fingerprint density at radius 3 is 2.55 bits per heavy atom. The monoisotopic (exact) mass is 466 g/mol. The van der Waals surface area contributed by atoms with Gasteiger partial charge < -0.3 is 15.2 Å². The van der Waals surface area contributed by atoms with Crippen LogP contribution in [0.3, 0.4) is 0 Å². The molecule has 0 aliphatic carbocycles. The van der Waals surface area contributed by atoms with Crippen LogP contribution in [0.1, 0.15) is 31.7 Å². The molecule has 31 heavy (non-hydrogen) atoms. The third-order valence-corrected chi connectivity index (χ3v) is 4.51. The fourth-order valence-electron chi connectivity index (χ4n) is 2.24. The lowest BCUT2D eigenvalue weighted by molar-refractivity contribution is -0.129. The third kappa shape index (κ3) is 6.18. The van der Waals surface area contributed by atoms with Crippen molar-refractivity contribution in [3.8, 4) is 17.7 Å². The number of aromatic nitrogens is 2. The Morgan fingerprint density at radius 1 is 1.35 bits per heavy atom. The highest BCUT2D eigenvalue weighted by atomic mass is 35.5. The molecule has 2 aromatic rings. The Hall–Kier alpha value is -3.62. The van der Waals surface area contributed by atoms with E-state index in [4.69, 9.17) is 38.9 Å². The first kappa shape index (κ1) is 23.7. The molecule has 0 saturated heterocycles. The number of carbonyl (C=O) groups excluding carboxylic acids is 2. The normalized spacial score (nSPS) is 11.9. The number of nitrogens with two attached hydrogens (primary N) is 1. The van der Waals surface area contributed by atoms with E-state index in [0.29, 0.717) is 5.56 Å². The van der Waals surface area contributed by atoms with E-state index in [2.05, 4.69) is 25.5 Å². The molecule has 1 amide bonds. The number of hydrogen-bond acceptors (Lipinski definition) is 9. The van der Waals surface area contributed by atoms with Crippen molar-refractivity contribution >= 4 is 46.7 Å². The number of rotatable bonds is 7. The van der Waals surface area contributed by atoms with E-state index in [0.717, 1.165) is 6.42 Å². The van der Waals surface area contributed by atoms with Crippen LogP contribution in [0.5, 0.6) is 11.6 Å². The number of nitrogens with one attached hydrogen (secondary N) is 2. The summed E-state index contributed by atoms with van der Waals surface area (Å²) in [7, 11) is 0. The van der Waals surface area contributed by atoms with Gasteiger partial charge in [-0.05, 0) is 24.5 Å². The summed E-state index contributed by atoms with van der Waals surface area (Å²) < 4.78 is 9.70. The topological polar surface area (TPSA) is 173 Å². The van der Waals surface area contributed by atoms with Crippen LogP contribution >= 0.6 is 23.2 Å². The second kappa shape index (κ2) is 10.4.